The number of nitrogens with zero attached hydrogens (tertiary/aromatic N) is 4. The van der Waals surface area contributed by atoms with Gasteiger partial charge in [-0.25, -0.2) is 19.2 Å². The molecule has 192 valence electrons. The number of alkyl carbamates (subject to hydrolysis) is 1. The number of fused-ring (bicyclic) bond motifs is 1. The number of alkyl halides is 4. The van der Waals surface area contributed by atoms with Crippen LogP contribution in [-0.2, 0) is 16.1 Å². The van der Waals surface area contributed by atoms with Gasteiger partial charge in [0.05, 0.1) is 12.3 Å². The number of hydrogen-bond acceptors (Lipinski definition) is 7. The molecule has 10 nitrogen and oxygen atoms in total. The Morgan fingerprint density at radius 1 is 1.28 bits per heavy atom. The van der Waals surface area contributed by atoms with Crippen molar-refractivity contribution in [2.24, 2.45) is 5.92 Å². The predicted octanol–water partition coefficient (Wildman–Crippen LogP) is 4.10. The summed E-state index contributed by atoms with van der Waals surface area (Å²) in [5.74, 6) is 1.14. The Morgan fingerprint density at radius 2 is 2.08 bits per heavy atom. The summed E-state index contributed by atoms with van der Waals surface area (Å²) in [4.78, 5) is 20.5. The van der Waals surface area contributed by atoms with Crippen LogP contribution in [0.25, 0.3) is 5.65 Å². The van der Waals surface area contributed by atoms with Crippen molar-refractivity contribution in [3.8, 4) is 0 Å². The van der Waals surface area contributed by atoms with Crippen LogP contribution in [0.4, 0.5) is 34.1 Å². The number of amides is 1. The number of carbonyl (C=O) groups is 1. The molecule has 3 aromatic rings. The standard InChI is InChI=1S/C22H23F4N7O3/c23-14-3-12(4-16(14)36-20(34)30-21-6-11(7-21)8-21)15-5-17(32-31-15)29-19-27-2-1-18-28-13(9-33(18)19)10-35-22(24,25)26/h1-2,5,9,11-12,14,16H,3-4,6-8,10H2,(H,30,34)(H2,27,29,31,32)/t11?,12-,14+,16-,21?/m0/s1. The topological polar surface area (TPSA) is 118 Å². The van der Waals surface area contributed by atoms with Crippen LogP contribution >= 0.6 is 0 Å². The zero-order chi connectivity index (χ0) is 25.1. The highest BCUT2D eigenvalue weighted by molar-refractivity contribution is 5.69. The molecule has 3 N–H and O–H groups in total. The van der Waals surface area contributed by atoms with Gasteiger partial charge in [-0.3, -0.25) is 14.2 Å². The number of anilines is 2. The minimum Gasteiger partial charge on any atom is -0.443 e. The highest BCUT2D eigenvalue weighted by Gasteiger charge is 2.58. The van der Waals surface area contributed by atoms with E-state index in [4.69, 9.17) is 4.74 Å². The van der Waals surface area contributed by atoms with E-state index in [9.17, 15) is 22.4 Å². The highest BCUT2D eigenvalue weighted by Crippen LogP contribution is 2.57. The summed E-state index contributed by atoms with van der Waals surface area (Å²) in [7, 11) is 0. The smallest absolute Gasteiger partial charge is 0.443 e. The zero-order valence-corrected chi connectivity index (χ0v) is 18.9. The number of ether oxygens (including phenoxy) is 2. The molecule has 3 heterocycles. The molecule has 36 heavy (non-hydrogen) atoms. The first kappa shape index (κ1) is 23.0. The molecule has 0 radical (unpaired) electrons. The number of aromatic amines is 1. The molecule has 3 atom stereocenters. The first-order valence-electron chi connectivity index (χ1n) is 11.6. The molecule has 0 aliphatic heterocycles. The fourth-order valence-electron chi connectivity index (χ4n) is 5.35. The van der Waals surface area contributed by atoms with E-state index in [0.29, 0.717) is 29.5 Å². The van der Waals surface area contributed by atoms with Crippen LogP contribution in [0, 0.1) is 5.92 Å². The number of aromatic nitrogens is 5. The summed E-state index contributed by atoms with van der Waals surface area (Å²) in [5.41, 5.74) is 0.990. The minimum atomic E-state index is -4.76. The number of carbonyl (C=O) groups excluding carboxylic acids is 1. The van der Waals surface area contributed by atoms with Crippen LogP contribution in [0.1, 0.15) is 49.4 Å². The maximum Gasteiger partial charge on any atom is 0.522 e. The third-order valence-electron chi connectivity index (χ3n) is 7.19. The predicted molar refractivity (Wildman–Crippen MR) is 116 cm³/mol. The van der Waals surface area contributed by atoms with Crippen LogP contribution in [0.15, 0.2) is 24.5 Å². The average Bonchev–Trinajstić information content (AvgIpc) is 3.47. The molecule has 4 aliphatic carbocycles. The van der Waals surface area contributed by atoms with Crippen molar-refractivity contribution < 1.29 is 31.8 Å². The van der Waals surface area contributed by atoms with Gasteiger partial charge in [0.25, 0.3) is 0 Å². The van der Waals surface area contributed by atoms with E-state index < -0.39 is 31.3 Å². The number of imidazole rings is 1. The maximum atomic E-state index is 14.6. The molecule has 0 saturated heterocycles. The summed E-state index contributed by atoms with van der Waals surface area (Å²) in [6, 6.07) is 3.25. The van der Waals surface area contributed by atoms with Gasteiger partial charge in [-0.05, 0) is 44.1 Å². The van der Waals surface area contributed by atoms with Gasteiger partial charge in [0.2, 0.25) is 5.95 Å². The molecule has 1 amide bonds. The molecule has 4 fully saturated rings. The van der Waals surface area contributed by atoms with Gasteiger partial charge < -0.3 is 15.4 Å². The lowest BCUT2D eigenvalue weighted by molar-refractivity contribution is -0.330. The molecule has 14 heteroatoms. The van der Waals surface area contributed by atoms with Gasteiger partial charge in [-0.15, -0.1) is 13.2 Å². The number of nitrogens with one attached hydrogen (secondary N) is 3. The van der Waals surface area contributed by atoms with Crippen molar-refractivity contribution in [1.29, 1.82) is 0 Å². The van der Waals surface area contributed by atoms with E-state index >= 15 is 0 Å². The van der Waals surface area contributed by atoms with Crippen molar-refractivity contribution in [2.45, 2.75) is 68.8 Å². The molecule has 0 spiro atoms. The maximum absolute atomic E-state index is 14.6. The summed E-state index contributed by atoms with van der Waals surface area (Å²) in [6.45, 7) is -0.730. The minimum absolute atomic E-state index is 0.0788. The van der Waals surface area contributed by atoms with E-state index in [0.717, 1.165) is 19.3 Å². The van der Waals surface area contributed by atoms with E-state index in [1.807, 2.05) is 0 Å². The Labute approximate surface area is 201 Å². The van der Waals surface area contributed by atoms with Crippen LogP contribution in [0.2, 0.25) is 0 Å². The molecule has 2 bridgehead atoms. The van der Waals surface area contributed by atoms with Gasteiger partial charge in [0.15, 0.2) is 5.82 Å². The first-order valence-corrected chi connectivity index (χ1v) is 11.6. The van der Waals surface area contributed by atoms with E-state index in [-0.39, 0.29) is 29.5 Å². The number of rotatable bonds is 7. The second kappa shape index (κ2) is 8.32. The average molecular weight is 509 g/mol. The molecule has 3 aromatic heterocycles. The van der Waals surface area contributed by atoms with E-state index in [2.05, 4.69) is 35.5 Å². The van der Waals surface area contributed by atoms with Crippen LogP contribution in [-0.4, -0.2) is 54.8 Å². The number of hydrogen-bond donors (Lipinski definition) is 3. The van der Waals surface area contributed by atoms with Crippen LogP contribution in [0.3, 0.4) is 0 Å². The van der Waals surface area contributed by atoms with Crippen molar-refractivity contribution >= 4 is 23.5 Å². The highest BCUT2D eigenvalue weighted by atomic mass is 19.4. The van der Waals surface area contributed by atoms with Gasteiger partial charge in [-0.1, -0.05) is 0 Å². The second-order valence-corrected chi connectivity index (χ2v) is 9.81. The largest absolute Gasteiger partial charge is 0.522 e. The van der Waals surface area contributed by atoms with Gasteiger partial charge in [0, 0.05) is 35.6 Å². The molecule has 0 aromatic carbocycles. The Kier molecular flexibility index (Phi) is 5.32. The third-order valence-corrected chi connectivity index (χ3v) is 7.19. The van der Waals surface area contributed by atoms with Crippen molar-refractivity contribution in [3.63, 3.8) is 0 Å². The fraction of sp³-hybridized carbons (Fsp3) is 0.545. The monoisotopic (exact) mass is 509 g/mol. The summed E-state index contributed by atoms with van der Waals surface area (Å²) < 4.78 is 62.4. The molecular weight excluding hydrogens is 486 g/mol. The van der Waals surface area contributed by atoms with E-state index in [1.165, 1.54) is 16.8 Å². The van der Waals surface area contributed by atoms with Crippen LogP contribution < -0.4 is 10.6 Å². The van der Waals surface area contributed by atoms with E-state index in [1.54, 1.807) is 12.1 Å². The summed E-state index contributed by atoms with van der Waals surface area (Å²) in [6.07, 6.45) is -1.17. The molecule has 0 unspecified atom stereocenters. The number of H-pyrrole nitrogens is 1. The normalized spacial score (nSPS) is 29.0. The SMILES string of the molecule is O=C(NC12CC(C1)C2)O[C@H]1C[C@@H](c2cc(Nc3nccc4nc(COC(F)(F)F)cn34)n[nH]2)C[C@H]1F. The second-order valence-electron chi connectivity index (χ2n) is 9.81. The van der Waals surface area contributed by atoms with Crippen molar-refractivity contribution in [3.05, 3.63) is 35.9 Å². The summed E-state index contributed by atoms with van der Waals surface area (Å²) in [5, 5.41) is 13.0. The van der Waals surface area contributed by atoms with Gasteiger partial charge in [0.1, 0.15) is 17.9 Å². The Hall–Kier alpha value is -3.42. The lowest BCUT2D eigenvalue weighted by atomic mass is 9.50. The molecule has 4 saturated carbocycles. The first-order chi connectivity index (χ1) is 17.1. The Morgan fingerprint density at radius 3 is 2.81 bits per heavy atom. The lowest BCUT2D eigenvalue weighted by Gasteiger charge is -2.61. The Balaban J connectivity index is 1.09. The van der Waals surface area contributed by atoms with Crippen LogP contribution in [0.5, 0.6) is 0 Å². The van der Waals surface area contributed by atoms with Crippen molar-refractivity contribution in [2.75, 3.05) is 5.32 Å². The fourth-order valence-corrected chi connectivity index (χ4v) is 5.35. The van der Waals surface area contributed by atoms with Gasteiger partial charge in [-0.2, -0.15) is 5.10 Å². The van der Waals surface area contributed by atoms with Gasteiger partial charge >= 0.3 is 12.5 Å². The number of halogens is 4. The Bertz CT molecular complexity index is 1280. The quantitative estimate of drug-likeness (QED) is 0.411. The van der Waals surface area contributed by atoms with Crippen molar-refractivity contribution in [1.82, 2.24) is 29.9 Å². The molecular formula is C22H23F4N7O3. The third kappa shape index (κ3) is 4.45. The lowest BCUT2D eigenvalue weighted by Crippen LogP contribution is -2.68. The zero-order valence-electron chi connectivity index (χ0n) is 18.9. The summed E-state index contributed by atoms with van der Waals surface area (Å²) >= 11 is 0. The molecule has 7 rings (SSSR count). The molecule has 4 aliphatic rings.